The number of rotatable bonds is 4. The third-order valence-corrected chi connectivity index (χ3v) is 3.81. The molecule has 0 heterocycles. The SMILES string of the molecule is COc1cc(C)c(C(=O)C2(C#N)CCC2)c(OC)c1. The first-order valence-corrected chi connectivity index (χ1v) is 6.26. The zero-order valence-corrected chi connectivity index (χ0v) is 11.4. The number of nitriles is 1. The van der Waals surface area contributed by atoms with E-state index in [1.165, 1.54) is 7.11 Å². The van der Waals surface area contributed by atoms with Crippen molar-refractivity contribution in [3.05, 3.63) is 23.3 Å². The lowest BCUT2D eigenvalue weighted by Crippen LogP contribution is -2.37. The largest absolute Gasteiger partial charge is 0.497 e. The molecular weight excluding hydrogens is 242 g/mol. The Hall–Kier alpha value is -2.02. The first kappa shape index (κ1) is 13.4. The Balaban J connectivity index is 2.50. The molecule has 1 aliphatic carbocycles. The summed E-state index contributed by atoms with van der Waals surface area (Å²) in [5, 5.41) is 9.29. The molecule has 1 saturated carbocycles. The van der Waals surface area contributed by atoms with E-state index in [9.17, 15) is 10.1 Å². The van der Waals surface area contributed by atoms with E-state index in [2.05, 4.69) is 6.07 Å². The molecule has 0 aliphatic heterocycles. The van der Waals surface area contributed by atoms with Crippen LogP contribution in [-0.2, 0) is 0 Å². The number of carbonyl (C=O) groups excluding carboxylic acids is 1. The Morgan fingerprint density at radius 2 is 2.00 bits per heavy atom. The second-order valence-electron chi connectivity index (χ2n) is 4.90. The zero-order chi connectivity index (χ0) is 14.0. The number of Topliss-reactive ketones (excluding diaryl/α,β-unsaturated/α-hetero) is 1. The minimum atomic E-state index is -0.855. The van der Waals surface area contributed by atoms with Crippen molar-refractivity contribution in [2.24, 2.45) is 5.41 Å². The van der Waals surface area contributed by atoms with Crippen molar-refractivity contribution in [2.45, 2.75) is 26.2 Å². The van der Waals surface area contributed by atoms with Gasteiger partial charge in [0.15, 0.2) is 5.78 Å². The molecule has 100 valence electrons. The fourth-order valence-electron chi connectivity index (χ4n) is 2.45. The first-order chi connectivity index (χ1) is 9.07. The van der Waals surface area contributed by atoms with E-state index in [0.717, 1.165) is 12.0 Å². The molecule has 19 heavy (non-hydrogen) atoms. The van der Waals surface area contributed by atoms with Crippen LogP contribution in [0.2, 0.25) is 0 Å². The maximum Gasteiger partial charge on any atom is 0.187 e. The van der Waals surface area contributed by atoms with Gasteiger partial charge in [-0.2, -0.15) is 5.26 Å². The topological polar surface area (TPSA) is 59.3 Å². The van der Waals surface area contributed by atoms with Crippen molar-refractivity contribution < 1.29 is 14.3 Å². The van der Waals surface area contributed by atoms with Gasteiger partial charge in [0.05, 0.1) is 25.9 Å². The predicted molar refractivity (Wildman–Crippen MR) is 70.5 cm³/mol. The highest BCUT2D eigenvalue weighted by Gasteiger charge is 2.46. The minimum Gasteiger partial charge on any atom is -0.497 e. The lowest BCUT2D eigenvalue weighted by Gasteiger charge is -2.34. The lowest BCUT2D eigenvalue weighted by atomic mass is 9.65. The van der Waals surface area contributed by atoms with Gasteiger partial charge in [-0.15, -0.1) is 0 Å². The van der Waals surface area contributed by atoms with E-state index in [1.54, 1.807) is 19.2 Å². The number of carbonyl (C=O) groups is 1. The second-order valence-corrected chi connectivity index (χ2v) is 4.90. The van der Waals surface area contributed by atoms with Crippen LogP contribution in [0.4, 0.5) is 0 Å². The number of methoxy groups -OCH3 is 2. The van der Waals surface area contributed by atoms with Gasteiger partial charge in [0.2, 0.25) is 0 Å². The smallest absolute Gasteiger partial charge is 0.187 e. The molecule has 4 nitrogen and oxygen atoms in total. The lowest BCUT2D eigenvalue weighted by molar-refractivity contribution is 0.0744. The molecule has 0 bridgehead atoms. The highest BCUT2D eigenvalue weighted by atomic mass is 16.5. The van der Waals surface area contributed by atoms with Crippen LogP contribution in [0, 0.1) is 23.7 Å². The van der Waals surface area contributed by atoms with Gasteiger partial charge in [-0.05, 0) is 37.8 Å². The first-order valence-electron chi connectivity index (χ1n) is 6.26. The van der Waals surface area contributed by atoms with Crippen LogP contribution in [0.15, 0.2) is 12.1 Å². The molecule has 1 fully saturated rings. The molecule has 1 aromatic rings. The monoisotopic (exact) mass is 259 g/mol. The van der Waals surface area contributed by atoms with E-state index in [4.69, 9.17) is 9.47 Å². The molecule has 0 radical (unpaired) electrons. The quantitative estimate of drug-likeness (QED) is 0.780. The van der Waals surface area contributed by atoms with Gasteiger partial charge in [0, 0.05) is 6.07 Å². The summed E-state index contributed by atoms with van der Waals surface area (Å²) in [4.78, 5) is 12.6. The van der Waals surface area contributed by atoms with Gasteiger partial charge in [-0.1, -0.05) is 0 Å². The van der Waals surface area contributed by atoms with Crippen LogP contribution in [0.5, 0.6) is 11.5 Å². The van der Waals surface area contributed by atoms with E-state index in [1.807, 2.05) is 6.92 Å². The standard InChI is InChI=1S/C15H17NO3/c1-10-7-11(18-2)8-12(19-3)13(10)14(17)15(9-16)5-4-6-15/h7-8H,4-6H2,1-3H3. The molecular formula is C15H17NO3. The molecule has 0 N–H and O–H groups in total. The predicted octanol–water partition coefficient (Wildman–Crippen LogP) is 2.89. The Bertz CT molecular complexity index is 553. The van der Waals surface area contributed by atoms with Crippen LogP contribution >= 0.6 is 0 Å². The molecule has 0 saturated heterocycles. The summed E-state index contributed by atoms with van der Waals surface area (Å²) in [5.41, 5.74) is 0.430. The minimum absolute atomic E-state index is 0.127. The number of aryl methyl sites for hydroxylation is 1. The number of ether oxygens (including phenoxy) is 2. The third-order valence-electron chi connectivity index (χ3n) is 3.81. The number of nitrogens with zero attached hydrogens (tertiary/aromatic N) is 1. The Kier molecular flexibility index (Phi) is 3.48. The summed E-state index contributed by atoms with van der Waals surface area (Å²) in [6.45, 7) is 1.84. The van der Waals surface area contributed by atoms with Crippen molar-refractivity contribution in [1.82, 2.24) is 0 Å². The van der Waals surface area contributed by atoms with E-state index in [-0.39, 0.29) is 5.78 Å². The third kappa shape index (κ3) is 2.06. The molecule has 0 aromatic heterocycles. The van der Waals surface area contributed by atoms with E-state index in [0.29, 0.717) is 29.9 Å². The summed E-state index contributed by atoms with van der Waals surface area (Å²) >= 11 is 0. The number of hydrogen-bond acceptors (Lipinski definition) is 4. The molecule has 4 heteroatoms. The van der Waals surface area contributed by atoms with Crippen molar-refractivity contribution >= 4 is 5.78 Å². The van der Waals surface area contributed by atoms with Crippen molar-refractivity contribution in [3.8, 4) is 17.6 Å². The van der Waals surface area contributed by atoms with Gasteiger partial charge in [-0.25, -0.2) is 0 Å². The van der Waals surface area contributed by atoms with Gasteiger partial charge in [-0.3, -0.25) is 4.79 Å². The maximum atomic E-state index is 12.6. The molecule has 0 amide bonds. The number of hydrogen-bond donors (Lipinski definition) is 0. The van der Waals surface area contributed by atoms with E-state index < -0.39 is 5.41 Å². The van der Waals surface area contributed by atoms with Gasteiger partial charge >= 0.3 is 0 Å². The fraction of sp³-hybridized carbons (Fsp3) is 0.467. The molecule has 2 rings (SSSR count). The summed E-state index contributed by atoms with van der Waals surface area (Å²) in [5.74, 6) is 0.993. The zero-order valence-electron chi connectivity index (χ0n) is 11.4. The summed E-state index contributed by atoms with van der Waals surface area (Å²) in [6.07, 6.45) is 2.20. The molecule has 0 unspecified atom stereocenters. The summed E-state index contributed by atoms with van der Waals surface area (Å²) in [7, 11) is 3.09. The molecule has 0 spiro atoms. The Morgan fingerprint density at radius 1 is 1.32 bits per heavy atom. The maximum absolute atomic E-state index is 12.6. The molecule has 1 aliphatic rings. The molecule has 1 aromatic carbocycles. The highest BCUT2D eigenvalue weighted by molar-refractivity contribution is 6.06. The number of benzene rings is 1. The molecule has 0 atom stereocenters. The summed E-state index contributed by atoms with van der Waals surface area (Å²) in [6, 6.07) is 5.66. The van der Waals surface area contributed by atoms with Crippen molar-refractivity contribution in [2.75, 3.05) is 14.2 Å². The van der Waals surface area contributed by atoms with Gasteiger partial charge in [0.1, 0.15) is 16.9 Å². The van der Waals surface area contributed by atoms with Crippen molar-refractivity contribution in [3.63, 3.8) is 0 Å². The van der Waals surface area contributed by atoms with Crippen molar-refractivity contribution in [1.29, 1.82) is 5.26 Å². The fourth-order valence-corrected chi connectivity index (χ4v) is 2.45. The average molecular weight is 259 g/mol. The van der Waals surface area contributed by atoms with Gasteiger partial charge in [0.25, 0.3) is 0 Å². The highest BCUT2D eigenvalue weighted by Crippen LogP contribution is 2.45. The van der Waals surface area contributed by atoms with Crippen LogP contribution in [0.1, 0.15) is 35.2 Å². The van der Waals surface area contributed by atoms with E-state index >= 15 is 0 Å². The van der Waals surface area contributed by atoms with Gasteiger partial charge < -0.3 is 9.47 Å². The normalized spacial score (nSPS) is 16.1. The Labute approximate surface area is 112 Å². The van der Waals surface area contributed by atoms with Crippen LogP contribution in [0.3, 0.4) is 0 Å². The van der Waals surface area contributed by atoms with Crippen LogP contribution in [-0.4, -0.2) is 20.0 Å². The van der Waals surface area contributed by atoms with Crippen LogP contribution in [0.25, 0.3) is 0 Å². The average Bonchev–Trinajstić information content (AvgIpc) is 2.36. The second kappa shape index (κ2) is 4.93. The van der Waals surface area contributed by atoms with Crippen LogP contribution < -0.4 is 9.47 Å². The Morgan fingerprint density at radius 3 is 2.42 bits per heavy atom. The number of ketones is 1. The summed E-state index contributed by atoms with van der Waals surface area (Å²) < 4.78 is 10.5.